The third-order valence-corrected chi connectivity index (χ3v) is 35.9. The zero-order chi connectivity index (χ0) is 85.4. The minimum absolute atomic E-state index is 0.728. The van der Waals surface area contributed by atoms with Crippen LogP contribution in [0, 0.1) is 0 Å². The standard InChI is InChI=1S/C66H45NO2Si.C54H36N2O2Si/c1-4-14-46(15-5-1)49-24-34-54(35-25-49)67(55-36-26-50(27-37-55)47-16-6-2-7-17-47)56-38-28-51(29-39-56)53-32-42-58(43-33-53)70(57-40-30-52(31-41-57)48-18-8-3-9-19-48)63-23-13-10-20-59(63)65-64(70)45-44-62-66(65)69-61-22-12-11-21-60(61)68-62;1-4-16-37(17-5-1)55(38-18-6-2-7-19-38)40-28-30-41(31-29-40)59(42-32-33-47-45(36-42)43-22-10-12-24-46(43)56(47)39-20-8-3-9-21-39)51-27-15-11-23-44(51)53-52(59)35-34-50-54(53)58-49-26-14-13-25-48(49)57-50/h1-45H;1-36H. The Bertz CT molecular complexity index is 7680. The fraction of sp³-hybridized carbons (Fsp3) is 0. The van der Waals surface area contributed by atoms with Gasteiger partial charge in [-0.1, -0.05) is 358 Å². The molecular weight excluding hydrogens is 1600 g/mol. The lowest BCUT2D eigenvalue weighted by atomic mass is 10.0. The lowest BCUT2D eigenvalue weighted by molar-refractivity contribution is 0.361. The van der Waals surface area contributed by atoms with Crippen LogP contribution >= 0.6 is 0 Å². The Hall–Kier alpha value is -16.6. The molecule has 2 unspecified atom stereocenters. The highest BCUT2D eigenvalue weighted by Gasteiger charge is 2.53. The smallest absolute Gasteiger partial charge is 0.181 e. The normalized spacial score (nSPS) is 14.4. The van der Waals surface area contributed by atoms with Crippen molar-refractivity contribution in [3.63, 3.8) is 0 Å². The minimum atomic E-state index is -3.03. The molecule has 0 aliphatic carbocycles. The van der Waals surface area contributed by atoms with Crippen LogP contribution in [0.15, 0.2) is 491 Å². The molecule has 608 valence electrons. The molecule has 1 aromatic heterocycles. The number of benzene rings is 20. The van der Waals surface area contributed by atoms with Crippen LogP contribution in [-0.2, 0) is 0 Å². The van der Waals surface area contributed by atoms with E-state index < -0.39 is 16.1 Å². The number of hydrogen-bond acceptors (Lipinski definition) is 6. The molecule has 20 aromatic carbocycles. The summed E-state index contributed by atoms with van der Waals surface area (Å²) >= 11 is 0. The van der Waals surface area contributed by atoms with Gasteiger partial charge in [0.05, 0.1) is 11.0 Å². The predicted octanol–water partition coefficient (Wildman–Crippen LogP) is 26.6. The van der Waals surface area contributed by atoms with Crippen molar-refractivity contribution in [2.45, 2.75) is 0 Å². The maximum atomic E-state index is 6.86. The topological polar surface area (TPSA) is 48.3 Å². The van der Waals surface area contributed by atoms with Crippen LogP contribution in [0.2, 0.25) is 0 Å². The molecule has 25 rings (SSSR count). The Balaban J connectivity index is 0.000000145. The molecule has 0 radical (unpaired) electrons. The Labute approximate surface area is 751 Å². The highest BCUT2D eigenvalue weighted by Crippen LogP contribution is 2.54. The maximum absolute atomic E-state index is 6.86. The SMILES string of the molecule is c1ccc(-c2ccc(N(c3ccc(-c4ccccc4)cc3)c3ccc(-c4ccc([Si]5(c6ccc(-c7ccccc7)cc6)c6ccccc6-c6c5ccc5c6Oc6ccccc6O5)cc4)cc3)cc2)cc1.c1ccc(N(c2ccccc2)c2ccc([Si]3(c4ccc5c(c4)c4ccccc4n5-c4ccccc4)c4ccccc4-c4c3ccc3c4Oc4ccccc4O3)cc2)cc1. The summed E-state index contributed by atoms with van der Waals surface area (Å²) in [5.74, 6) is 5.95. The molecule has 0 spiro atoms. The van der Waals surface area contributed by atoms with Crippen molar-refractivity contribution in [1.82, 2.24) is 4.57 Å². The predicted molar refractivity (Wildman–Crippen MR) is 537 cm³/mol. The maximum Gasteiger partial charge on any atom is 0.181 e. The molecule has 0 saturated heterocycles. The van der Waals surface area contributed by atoms with Gasteiger partial charge >= 0.3 is 0 Å². The first-order valence-corrected chi connectivity index (χ1v) is 48.0. The van der Waals surface area contributed by atoms with Crippen molar-refractivity contribution in [2.24, 2.45) is 0 Å². The quantitative estimate of drug-likeness (QED) is 0.0954. The molecule has 129 heavy (non-hydrogen) atoms. The van der Waals surface area contributed by atoms with Crippen molar-refractivity contribution in [1.29, 1.82) is 0 Å². The van der Waals surface area contributed by atoms with E-state index in [1.165, 1.54) is 108 Å². The second kappa shape index (κ2) is 31.9. The summed E-state index contributed by atoms with van der Waals surface area (Å²) in [6, 6.07) is 177. The minimum Gasteiger partial charge on any atom is -0.449 e. The van der Waals surface area contributed by atoms with E-state index in [0.717, 1.165) is 108 Å². The number of ether oxygens (including phenoxy) is 4. The lowest BCUT2D eigenvalue weighted by Gasteiger charge is -2.33. The third kappa shape index (κ3) is 12.9. The Kier molecular flexibility index (Phi) is 18.8. The van der Waals surface area contributed by atoms with E-state index in [0.29, 0.717) is 0 Å². The first kappa shape index (κ1) is 76.1. The van der Waals surface area contributed by atoms with Gasteiger partial charge in [0.1, 0.15) is 0 Å². The van der Waals surface area contributed by atoms with E-state index in [2.05, 4.69) is 457 Å². The van der Waals surface area contributed by atoms with E-state index in [9.17, 15) is 0 Å². The Morgan fingerprint density at radius 2 is 0.473 bits per heavy atom. The largest absolute Gasteiger partial charge is 0.449 e. The number of aromatic nitrogens is 1. The molecule has 9 heteroatoms. The molecule has 21 aromatic rings. The van der Waals surface area contributed by atoms with Gasteiger partial charge in [0.25, 0.3) is 0 Å². The summed E-state index contributed by atoms with van der Waals surface area (Å²) in [7, 11) is -5.95. The van der Waals surface area contributed by atoms with Crippen LogP contribution < -0.4 is 70.2 Å². The fourth-order valence-corrected chi connectivity index (χ4v) is 30.6. The van der Waals surface area contributed by atoms with Gasteiger partial charge in [-0.3, -0.25) is 0 Å². The van der Waals surface area contributed by atoms with Crippen molar-refractivity contribution >= 4 is 114 Å². The zero-order valence-corrected chi connectivity index (χ0v) is 72.2. The lowest BCUT2D eigenvalue weighted by Crippen LogP contribution is -2.72. The number of anilines is 6. The first-order valence-electron chi connectivity index (χ1n) is 44.0. The monoisotopic (exact) mass is 1680 g/mol. The van der Waals surface area contributed by atoms with E-state index in [-0.39, 0.29) is 0 Å². The molecule has 0 amide bonds. The number of nitrogens with zero attached hydrogens (tertiary/aromatic N) is 3. The van der Waals surface area contributed by atoms with Gasteiger partial charge in [-0.15, -0.1) is 0 Å². The average molecular weight is 1690 g/mol. The van der Waals surface area contributed by atoms with Gasteiger partial charge in [0.2, 0.25) is 0 Å². The van der Waals surface area contributed by atoms with Crippen LogP contribution in [0.4, 0.5) is 34.1 Å². The second-order valence-corrected chi connectivity index (χ2v) is 40.7. The average Bonchev–Trinajstić information content (AvgIpc) is 1.54. The van der Waals surface area contributed by atoms with Gasteiger partial charge in [-0.2, -0.15) is 0 Å². The molecule has 4 aliphatic heterocycles. The van der Waals surface area contributed by atoms with Crippen molar-refractivity contribution in [3.05, 3.63) is 491 Å². The zero-order valence-electron chi connectivity index (χ0n) is 70.2. The molecule has 5 heterocycles. The fourth-order valence-electron chi connectivity index (χ4n) is 20.4. The van der Waals surface area contributed by atoms with Crippen molar-refractivity contribution in [3.8, 4) is 118 Å². The van der Waals surface area contributed by atoms with Crippen LogP contribution in [-0.4, -0.2) is 20.7 Å². The van der Waals surface area contributed by atoms with Gasteiger partial charge in [0.15, 0.2) is 62.1 Å². The highest BCUT2D eigenvalue weighted by molar-refractivity contribution is 7.23. The van der Waals surface area contributed by atoms with Crippen LogP contribution in [0.5, 0.6) is 46.0 Å². The van der Waals surface area contributed by atoms with E-state index in [1.54, 1.807) is 0 Å². The van der Waals surface area contributed by atoms with E-state index in [4.69, 9.17) is 18.9 Å². The van der Waals surface area contributed by atoms with Gasteiger partial charge in [-0.05, 0) is 231 Å². The van der Waals surface area contributed by atoms with E-state index >= 15 is 0 Å². The molecule has 0 fully saturated rings. The summed E-state index contributed by atoms with van der Waals surface area (Å²) < 4.78 is 29.2. The van der Waals surface area contributed by atoms with Gasteiger partial charge in [0, 0.05) is 61.7 Å². The number of para-hydroxylation sites is 8. The Morgan fingerprint density at radius 1 is 0.186 bits per heavy atom. The van der Waals surface area contributed by atoms with Crippen molar-refractivity contribution < 1.29 is 18.9 Å². The molecule has 4 aliphatic rings. The van der Waals surface area contributed by atoms with Gasteiger partial charge < -0.3 is 33.3 Å². The van der Waals surface area contributed by atoms with Crippen LogP contribution in [0.3, 0.4) is 0 Å². The molecule has 0 saturated carbocycles. The van der Waals surface area contributed by atoms with Crippen LogP contribution in [0.25, 0.3) is 94.3 Å². The number of fused-ring (bicyclic) bond motifs is 15. The van der Waals surface area contributed by atoms with Crippen LogP contribution in [0.1, 0.15) is 0 Å². The first-order chi connectivity index (χ1) is 64.0. The Morgan fingerprint density at radius 3 is 0.884 bits per heavy atom. The number of rotatable bonds is 15. The van der Waals surface area contributed by atoms with Gasteiger partial charge in [-0.25, -0.2) is 0 Å². The molecule has 7 nitrogen and oxygen atoms in total. The summed E-state index contributed by atoms with van der Waals surface area (Å²) in [5, 5.41) is 13.0. The second-order valence-electron chi connectivity index (χ2n) is 33.2. The summed E-state index contributed by atoms with van der Waals surface area (Å²) in [4.78, 5) is 4.67. The molecule has 2 atom stereocenters. The molecule has 0 bridgehead atoms. The summed E-state index contributed by atoms with van der Waals surface area (Å²) in [6.45, 7) is 0. The van der Waals surface area contributed by atoms with E-state index in [1.807, 2.05) is 48.5 Å². The summed E-state index contributed by atoms with van der Waals surface area (Å²) in [5.41, 5.74) is 24.3. The number of hydrogen-bond donors (Lipinski definition) is 0. The summed E-state index contributed by atoms with van der Waals surface area (Å²) in [6.07, 6.45) is 0. The van der Waals surface area contributed by atoms with Crippen molar-refractivity contribution in [2.75, 3.05) is 9.80 Å². The molecular formula is C120H81N3O4Si2. The molecule has 0 N–H and O–H groups in total. The third-order valence-electron chi connectivity index (χ3n) is 26.2. The highest BCUT2D eigenvalue weighted by atomic mass is 28.3.